The number of aryl methyl sites for hydroxylation is 3. The van der Waals surface area contributed by atoms with E-state index in [9.17, 15) is 4.79 Å². The lowest BCUT2D eigenvalue weighted by atomic mass is 10.1. The first kappa shape index (κ1) is 18.2. The van der Waals surface area contributed by atoms with E-state index in [1.54, 1.807) is 11.3 Å². The van der Waals surface area contributed by atoms with Gasteiger partial charge < -0.3 is 14.5 Å². The van der Waals surface area contributed by atoms with Crippen LogP contribution in [-0.2, 0) is 11.2 Å². The van der Waals surface area contributed by atoms with Crippen LogP contribution in [0.3, 0.4) is 0 Å². The normalized spacial score (nSPS) is 16.8. The summed E-state index contributed by atoms with van der Waals surface area (Å²) < 4.78 is 11.3. The van der Waals surface area contributed by atoms with Crippen LogP contribution in [0.4, 0.5) is 0 Å². The van der Waals surface area contributed by atoms with Crippen molar-refractivity contribution >= 4 is 17.2 Å². The molecule has 0 aliphatic carbocycles. The third-order valence-electron chi connectivity index (χ3n) is 4.60. The van der Waals surface area contributed by atoms with Crippen LogP contribution < -0.4 is 5.32 Å². The van der Waals surface area contributed by atoms with Gasteiger partial charge in [-0.3, -0.25) is 9.69 Å². The van der Waals surface area contributed by atoms with Gasteiger partial charge in [0.1, 0.15) is 11.5 Å². The summed E-state index contributed by atoms with van der Waals surface area (Å²) >= 11 is 1.59. The molecule has 6 heteroatoms. The molecule has 1 amide bonds. The molecule has 1 atom stereocenters. The highest BCUT2D eigenvalue weighted by Crippen LogP contribution is 2.25. The third-order valence-corrected chi connectivity index (χ3v) is 5.98. The summed E-state index contributed by atoms with van der Waals surface area (Å²) in [5, 5.41) is 3.10. The zero-order valence-electron chi connectivity index (χ0n) is 15.1. The Kier molecular flexibility index (Phi) is 5.93. The summed E-state index contributed by atoms with van der Waals surface area (Å²) in [6, 6.07) is 6.00. The van der Waals surface area contributed by atoms with Gasteiger partial charge in [-0.25, -0.2) is 0 Å². The molecule has 2 aromatic heterocycles. The zero-order chi connectivity index (χ0) is 17.8. The number of carbonyl (C=O) groups is 1. The average molecular weight is 362 g/mol. The number of morpholine rings is 1. The van der Waals surface area contributed by atoms with Crippen molar-refractivity contribution < 1.29 is 13.9 Å². The van der Waals surface area contributed by atoms with Gasteiger partial charge >= 0.3 is 0 Å². The Morgan fingerprint density at radius 1 is 1.32 bits per heavy atom. The van der Waals surface area contributed by atoms with E-state index in [0.29, 0.717) is 19.8 Å². The maximum Gasteiger partial charge on any atom is 0.261 e. The second kappa shape index (κ2) is 8.17. The molecule has 136 valence electrons. The molecular formula is C19H26N2O3S. The predicted molar refractivity (Wildman–Crippen MR) is 99.3 cm³/mol. The number of rotatable bonds is 6. The summed E-state index contributed by atoms with van der Waals surface area (Å²) in [4.78, 5) is 17.0. The number of nitrogens with zero attached hydrogens (tertiary/aromatic N) is 1. The molecular weight excluding hydrogens is 336 g/mol. The van der Waals surface area contributed by atoms with E-state index in [2.05, 4.69) is 24.1 Å². The van der Waals surface area contributed by atoms with Gasteiger partial charge in [-0.05, 0) is 44.0 Å². The lowest BCUT2D eigenvalue weighted by Crippen LogP contribution is -2.43. The van der Waals surface area contributed by atoms with E-state index < -0.39 is 0 Å². The Morgan fingerprint density at radius 3 is 2.68 bits per heavy atom. The number of furan rings is 1. The fourth-order valence-corrected chi connectivity index (χ4v) is 4.22. The van der Waals surface area contributed by atoms with Crippen LogP contribution >= 0.6 is 11.3 Å². The summed E-state index contributed by atoms with van der Waals surface area (Å²) in [6.45, 7) is 9.78. The molecule has 3 heterocycles. The summed E-state index contributed by atoms with van der Waals surface area (Å²) in [5.41, 5.74) is 1.20. The van der Waals surface area contributed by atoms with E-state index >= 15 is 0 Å². The summed E-state index contributed by atoms with van der Waals surface area (Å²) in [5.74, 6) is 1.78. The van der Waals surface area contributed by atoms with Crippen LogP contribution in [0.25, 0.3) is 0 Å². The Labute approximate surface area is 153 Å². The first-order chi connectivity index (χ1) is 12.1. The number of amides is 1. The molecule has 5 nitrogen and oxygen atoms in total. The highest BCUT2D eigenvalue weighted by molar-refractivity contribution is 7.14. The van der Waals surface area contributed by atoms with Crippen molar-refractivity contribution in [3.8, 4) is 0 Å². The number of carbonyl (C=O) groups excluding carboxylic acids is 1. The lowest BCUT2D eigenvalue weighted by molar-refractivity contribution is 0.0117. The van der Waals surface area contributed by atoms with E-state index in [1.807, 2.05) is 25.1 Å². The van der Waals surface area contributed by atoms with Crippen molar-refractivity contribution in [2.45, 2.75) is 33.2 Å². The van der Waals surface area contributed by atoms with Crippen LogP contribution in [0.2, 0.25) is 0 Å². The molecule has 1 N–H and O–H groups in total. The minimum absolute atomic E-state index is 0.00524. The van der Waals surface area contributed by atoms with Crippen LogP contribution in [0.1, 0.15) is 44.6 Å². The Hall–Kier alpha value is -1.63. The third kappa shape index (κ3) is 4.32. The van der Waals surface area contributed by atoms with Crippen molar-refractivity contribution in [2.24, 2.45) is 0 Å². The molecule has 1 unspecified atom stereocenters. The number of nitrogens with one attached hydrogen (secondary N) is 1. The molecule has 1 aliphatic heterocycles. The largest absolute Gasteiger partial charge is 0.465 e. The second-order valence-corrected chi connectivity index (χ2v) is 7.53. The minimum atomic E-state index is -0.00524. The Balaban J connectivity index is 1.70. The molecule has 0 aromatic carbocycles. The van der Waals surface area contributed by atoms with Crippen molar-refractivity contribution in [2.75, 3.05) is 32.8 Å². The van der Waals surface area contributed by atoms with E-state index in [-0.39, 0.29) is 11.9 Å². The summed E-state index contributed by atoms with van der Waals surface area (Å²) in [7, 11) is 0. The van der Waals surface area contributed by atoms with Crippen LogP contribution in [-0.4, -0.2) is 43.7 Å². The van der Waals surface area contributed by atoms with Gasteiger partial charge in [-0.2, -0.15) is 0 Å². The SMILES string of the molecule is CCc1sc(C(=O)NCC(c2ccc(C)o2)N2CCOCC2)cc1C. The molecule has 0 radical (unpaired) electrons. The number of hydrogen-bond donors (Lipinski definition) is 1. The standard InChI is InChI=1S/C19H26N2O3S/c1-4-17-13(2)11-18(25-17)19(22)20-12-15(16-6-5-14(3)24-16)21-7-9-23-10-8-21/h5-6,11,15H,4,7-10,12H2,1-3H3,(H,20,22). The molecule has 0 saturated carbocycles. The molecule has 25 heavy (non-hydrogen) atoms. The van der Waals surface area contributed by atoms with Gasteiger partial charge in [-0.15, -0.1) is 11.3 Å². The van der Waals surface area contributed by atoms with Crippen LogP contribution in [0, 0.1) is 13.8 Å². The molecule has 1 aliphatic rings. The van der Waals surface area contributed by atoms with Crippen molar-refractivity contribution in [1.82, 2.24) is 10.2 Å². The van der Waals surface area contributed by atoms with E-state index in [1.165, 1.54) is 10.4 Å². The lowest BCUT2D eigenvalue weighted by Gasteiger charge is -2.33. The molecule has 1 saturated heterocycles. The fraction of sp³-hybridized carbons (Fsp3) is 0.526. The smallest absolute Gasteiger partial charge is 0.261 e. The maximum atomic E-state index is 12.6. The average Bonchev–Trinajstić information content (AvgIpc) is 3.21. The van der Waals surface area contributed by atoms with Gasteiger partial charge in [0.25, 0.3) is 5.91 Å². The van der Waals surface area contributed by atoms with Crippen molar-refractivity contribution in [3.63, 3.8) is 0 Å². The van der Waals surface area contributed by atoms with E-state index in [0.717, 1.165) is 35.9 Å². The fourth-order valence-electron chi connectivity index (χ4n) is 3.19. The Bertz CT molecular complexity index is 716. The van der Waals surface area contributed by atoms with Gasteiger partial charge in [-0.1, -0.05) is 6.92 Å². The van der Waals surface area contributed by atoms with Gasteiger partial charge in [0.05, 0.1) is 24.1 Å². The monoisotopic (exact) mass is 362 g/mol. The van der Waals surface area contributed by atoms with Gasteiger partial charge in [0.2, 0.25) is 0 Å². The van der Waals surface area contributed by atoms with E-state index in [4.69, 9.17) is 9.15 Å². The highest BCUT2D eigenvalue weighted by atomic mass is 32.1. The quantitative estimate of drug-likeness (QED) is 0.856. The number of hydrogen-bond acceptors (Lipinski definition) is 5. The van der Waals surface area contributed by atoms with Crippen molar-refractivity contribution in [3.05, 3.63) is 45.0 Å². The highest BCUT2D eigenvalue weighted by Gasteiger charge is 2.26. The molecule has 0 spiro atoms. The summed E-state index contributed by atoms with van der Waals surface area (Å²) in [6.07, 6.45) is 0.964. The first-order valence-electron chi connectivity index (χ1n) is 8.84. The predicted octanol–water partition coefficient (Wildman–Crippen LogP) is 3.32. The molecule has 3 rings (SSSR count). The minimum Gasteiger partial charge on any atom is -0.465 e. The second-order valence-electron chi connectivity index (χ2n) is 6.39. The van der Waals surface area contributed by atoms with Crippen LogP contribution in [0.15, 0.2) is 22.6 Å². The molecule has 0 bridgehead atoms. The first-order valence-corrected chi connectivity index (χ1v) is 9.65. The molecule has 1 fully saturated rings. The number of ether oxygens (including phenoxy) is 1. The Morgan fingerprint density at radius 2 is 2.08 bits per heavy atom. The number of thiophene rings is 1. The van der Waals surface area contributed by atoms with Crippen LogP contribution in [0.5, 0.6) is 0 Å². The maximum absolute atomic E-state index is 12.6. The zero-order valence-corrected chi connectivity index (χ0v) is 15.9. The molecule has 2 aromatic rings. The van der Waals surface area contributed by atoms with Gasteiger partial charge in [0.15, 0.2) is 0 Å². The van der Waals surface area contributed by atoms with Gasteiger partial charge in [0, 0.05) is 24.5 Å². The topological polar surface area (TPSA) is 54.7 Å². The van der Waals surface area contributed by atoms with Crippen molar-refractivity contribution in [1.29, 1.82) is 0 Å².